The number of rotatable bonds is 5. The number of carbonyl (C=O) groups is 1. The van der Waals surface area contributed by atoms with E-state index in [-0.39, 0.29) is 23.9 Å². The SMILES string of the molecule is Cc1cccc(-n2ncc3c(=O)n4c(nc32)SC[C@H]4CC(=O)NCc2cccs2)c1. The van der Waals surface area contributed by atoms with Crippen molar-refractivity contribution in [1.82, 2.24) is 24.6 Å². The number of benzene rings is 1. The summed E-state index contributed by atoms with van der Waals surface area (Å²) in [6, 6.07) is 11.7. The fraction of sp³-hybridized carbons (Fsp3) is 0.238. The normalized spacial score (nSPS) is 15.4. The molecule has 3 aromatic heterocycles. The first-order valence-electron chi connectivity index (χ1n) is 9.59. The zero-order valence-corrected chi connectivity index (χ0v) is 17.9. The molecule has 0 radical (unpaired) electrons. The zero-order chi connectivity index (χ0) is 20.7. The number of nitrogens with zero attached hydrogens (tertiary/aromatic N) is 4. The minimum absolute atomic E-state index is 0.0655. The molecule has 1 aliphatic rings. The van der Waals surface area contributed by atoms with Crippen LogP contribution in [0.1, 0.15) is 22.9 Å². The number of fused-ring (bicyclic) bond motifs is 2. The maximum absolute atomic E-state index is 13.2. The first-order chi connectivity index (χ1) is 14.6. The molecule has 5 rings (SSSR count). The third kappa shape index (κ3) is 3.44. The topological polar surface area (TPSA) is 81.8 Å². The number of carbonyl (C=O) groups excluding carboxylic acids is 1. The molecule has 1 aromatic carbocycles. The van der Waals surface area contributed by atoms with Crippen LogP contribution >= 0.6 is 23.1 Å². The molecule has 0 fully saturated rings. The Bertz CT molecular complexity index is 1290. The Balaban J connectivity index is 1.43. The minimum Gasteiger partial charge on any atom is -0.351 e. The van der Waals surface area contributed by atoms with Crippen molar-refractivity contribution in [2.45, 2.75) is 31.1 Å². The maximum atomic E-state index is 13.2. The molecule has 7 nitrogen and oxygen atoms in total. The van der Waals surface area contributed by atoms with E-state index >= 15 is 0 Å². The van der Waals surface area contributed by atoms with Gasteiger partial charge < -0.3 is 5.32 Å². The van der Waals surface area contributed by atoms with Gasteiger partial charge in [-0.3, -0.25) is 14.2 Å². The van der Waals surface area contributed by atoms with E-state index in [1.54, 1.807) is 26.8 Å². The minimum atomic E-state index is -0.208. The summed E-state index contributed by atoms with van der Waals surface area (Å²) in [6.07, 6.45) is 1.82. The lowest BCUT2D eigenvalue weighted by Crippen LogP contribution is -2.30. The summed E-state index contributed by atoms with van der Waals surface area (Å²) < 4.78 is 3.35. The number of amides is 1. The van der Waals surface area contributed by atoms with E-state index < -0.39 is 0 Å². The van der Waals surface area contributed by atoms with Gasteiger partial charge in [0.05, 0.1) is 24.5 Å². The number of aryl methyl sites for hydroxylation is 1. The van der Waals surface area contributed by atoms with Crippen LogP contribution in [0.25, 0.3) is 16.7 Å². The number of aromatic nitrogens is 4. The van der Waals surface area contributed by atoms with E-state index in [1.807, 2.05) is 48.7 Å². The van der Waals surface area contributed by atoms with Crippen LogP contribution in [0.5, 0.6) is 0 Å². The van der Waals surface area contributed by atoms with Crippen LogP contribution in [0.15, 0.2) is 57.9 Å². The number of hydrogen-bond acceptors (Lipinski definition) is 6. The Kier molecular flexibility index (Phi) is 4.92. The average Bonchev–Trinajstić information content (AvgIpc) is 3.47. The molecule has 4 heterocycles. The van der Waals surface area contributed by atoms with Gasteiger partial charge in [0.1, 0.15) is 5.39 Å². The lowest BCUT2D eigenvalue weighted by atomic mass is 10.2. The van der Waals surface area contributed by atoms with Gasteiger partial charge in [-0.25, -0.2) is 9.67 Å². The molecule has 1 atom stereocenters. The molecule has 0 unspecified atom stereocenters. The van der Waals surface area contributed by atoms with Crippen LogP contribution in [0.3, 0.4) is 0 Å². The van der Waals surface area contributed by atoms with E-state index in [4.69, 9.17) is 4.98 Å². The predicted molar refractivity (Wildman–Crippen MR) is 118 cm³/mol. The van der Waals surface area contributed by atoms with Crippen LogP contribution < -0.4 is 10.9 Å². The summed E-state index contributed by atoms with van der Waals surface area (Å²) in [5, 5.41) is 10.4. The lowest BCUT2D eigenvalue weighted by molar-refractivity contribution is -0.121. The van der Waals surface area contributed by atoms with Crippen molar-refractivity contribution in [2.75, 3.05) is 5.75 Å². The Morgan fingerprint density at radius 3 is 3.00 bits per heavy atom. The first kappa shape index (κ1) is 19.1. The van der Waals surface area contributed by atoms with Crippen molar-refractivity contribution < 1.29 is 4.79 Å². The van der Waals surface area contributed by atoms with Crippen molar-refractivity contribution in [3.8, 4) is 5.69 Å². The van der Waals surface area contributed by atoms with Crippen LogP contribution in [0.4, 0.5) is 0 Å². The van der Waals surface area contributed by atoms with Crippen molar-refractivity contribution >= 4 is 40.0 Å². The van der Waals surface area contributed by atoms with Gasteiger partial charge in [-0.15, -0.1) is 11.3 Å². The summed E-state index contributed by atoms with van der Waals surface area (Å²) >= 11 is 3.11. The quantitative estimate of drug-likeness (QED) is 0.485. The second-order valence-corrected chi connectivity index (χ2v) is 9.25. The van der Waals surface area contributed by atoms with Gasteiger partial charge in [0.2, 0.25) is 5.91 Å². The lowest BCUT2D eigenvalue weighted by Gasteiger charge is -2.13. The smallest absolute Gasteiger partial charge is 0.265 e. The molecule has 0 bridgehead atoms. The van der Waals surface area contributed by atoms with Crippen molar-refractivity contribution in [1.29, 1.82) is 0 Å². The highest BCUT2D eigenvalue weighted by atomic mass is 32.2. The Labute approximate surface area is 180 Å². The molecule has 1 N–H and O–H groups in total. The molecule has 0 aliphatic carbocycles. The van der Waals surface area contributed by atoms with Gasteiger partial charge in [0.15, 0.2) is 10.8 Å². The summed E-state index contributed by atoms with van der Waals surface area (Å²) in [5.74, 6) is 0.586. The maximum Gasteiger partial charge on any atom is 0.265 e. The number of hydrogen-bond donors (Lipinski definition) is 1. The van der Waals surface area contributed by atoms with Gasteiger partial charge in [-0.2, -0.15) is 5.10 Å². The molecule has 152 valence electrons. The Hall–Kier alpha value is -2.91. The average molecular weight is 438 g/mol. The molecular weight excluding hydrogens is 418 g/mol. The molecule has 1 amide bonds. The molecule has 9 heteroatoms. The molecule has 4 aromatic rings. The third-order valence-corrected chi connectivity index (χ3v) is 7.05. The molecule has 0 saturated carbocycles. The summed E-state index contributed by atoms with van der Waals surface area (Å²) in [6.45, 7) is 2.53. The van der Waals surface area contributed by atoms with E-state index in [2.05, 4.69) is 10.4 Å². The number of nitrogens with one attached hydrogen (secondary N) is 1. The van der Waals surface area contributed by atoms with E-state index in [1.165, 1.54) is 11.8 Å². The summed E-state index contributed by atoms with van der Waals surface area (Å²) in [5.41, 5.74) is 2.38. The predicted octanol–water partition coefficient (Wildman–Crippen LogP) is 3.31. The highest BCUT2D eigenvalue weighted by Gasteiger charge is 2.29. The highest BCUT2D eigenvalue weighted by Crippen LogP contribution is 2.33. The van der Waals surface area contributed by atoms with Gasteiger partial charge in [-0.1, -0.05) is 30.0 Å². The number of thioether (sulfide) groups is 1. The molecule has 0 spiro atoms. The zero-order valence-electron chi connectivity index (χ0n) is 16.2. The first-order valence-corrected chi connectivity index (χ1v) is 11.5. The van der Waals surface area contributed by atoms with Gasteiger partial charge >= 0.3 is 0 Å². The van der Waals surface area contributed by atoms with Crippen LogP contribution in [0, 0.1) is 6.92 Å². The number of thiophene rings is 1. The highest BCUT2D eigenvalue weighted by molar-refractivity contribution is 7.99. The van der Waals surface area contributed by atoms with Gasteiger partial charge in [0, 0.05) is 17.1 Å². The van der Waals surface area contributed by atoms with Crippen molar-refractivity contribution in [3.63, 3.8) is 0 Å². The van der Waals surface area contributed by atoms with E-state index in [0.717, 1.165) is 16.1 Å². The fourth-order valence-corrected chi connectivity index (χ4v) is 5.39. The molecular formula is C21H19N5O2S2. The van der Waals surface area contributed by atoms with Gasteiger partial charge in [0.25, 0.3) is 5.56 Å². The largest absolute Gasteiger partial charge is 0.351 e. The summed E-state index contributed by atoms with van der Waals surface area (Å²) in [7, 11) is 0. The molecule has 30 heavy (non-hydrogen) atoms. The molecule has 0 saturated heterocycles. The Morgan fingerprint density at radius 1 is 1.30 bits per heavy atom. The van der Waals surface area contributed by atoms with Crippen LogP contribution in [-0.2, 0) is 11.3 Å². The van der Waals surface area contributed by atoms with Crippen molar-refractivity contribution in [2.24, 2.45) is 0 Å². The van der Waals surface area contributed by atoms with Gasteiger partial charge in [-0.05, 0) is 36.1 Å². The second-order valence-electron chi connectivity index (χ2n) is 7.23. The second kappa shape index (κ2) is 7.73. The van der Waals surface area contributed by atoms with E-state index in [9.17, 15) is 9.59 Å². The molecule has 1 aliphatic heterocycles. The van der Waals surface area contributed by atoms with Crippen molar-refractivity contribution in [3.05, 3.63) is 68.8 Å². The van der Waals surface area contributed by atoms with Crippen LogP contribution in [0.2, 0.25) is 0 Å². The van der Waals surface area contributed by atoms with Crippen LogP contribution in [-0.4, -0.2) is 31.0 Å². The Morgan fingerprint density at radius 2 is 2.20 bits per heavy atom. The monoisotopic (exact) mass is 437 g/mol. The van der Waals surface area contributed by atoms with E-state index in [0.29, 0.717) is 28.5 Å². The summed E-state index contributed by atoms with van der Waals surface area (Å²) in [4.78, 5) is 31.5. The standard InChI is InChI=1S/C21H19N5O2S2/c1-13-4-2-5-14(8-13)26-19-17(11-23-26)20(28)25-15(12-30-21(25)24-19)9-18(27)22-10-16-6-3-7-29-16/h2-8,11,15H,9-10,12H2,1H3,(H,22,27)/t15-/m1/s1. The fourth-order valence-electron chi connectivity index (χ4n) is 3.61. The third-order valence-electron chi connectivity index (χ3n) is 5.08.